The highest BCUT2D eigenvalue weighted by molar-refractivity contribution is 7.53. The Labute approximate surface area is 116 Å². The monoisotopic (exact) mass is 312 g/mol. The van der Waals surface area contributed by atoms with Crippen LogP contribution >= 0.6 is 19.2 Å². The van der Waals surface area contributed by atoms with E-state index < -0.39 is 18.8 Å². The first-order chi connectivity index (χ1) is 8.43. The standard InChI is InChI=1S/C12H16ClF2O3P/c1-11(2,3)8-5-6-9(10(13)7-8)12(14,15)19(16,17)18-4/h5-7H,1-4H3,(H,16,17). The van der Waals surface area contributed by atoms with Gasteiger partial charge in [-0.3, -0.25) is 4.57 Å². The van der Waals surface area contributed by atoms with Crippen LogP contribution in [0.25, 0.3) is 0 Å². The van der Waals surface area contributed by atoms with E-state index in [2.05, 4.69) is 4.52 Å². The first-order valence-corrected chi connectivity index (χ1v) is 7.46. The lowest BCUT2D eigenvalue weighted by Gasteiger charge is -2.24. The van der Waals surface area contributed by atoms with Crippen LogP contribution in [0.5, 0.6) is 0 Å². The van der Waals surface area contributed by atoms with Crippen LogP contribution in [0.3, 0.4) is 0 Å². The minimum absolute atomic E-state index is 0.260. The van der Waals surface area contributed by atoms with Crippen LogP contribution in [0.4, 0.5) is 8.78 Å². The van der Waals surface area contributed by atoms with Gasteiger partial charge in [-0.15, -0.1) is 0 Å². The summed E-state index contributed by atoms with van der Waals surface area (Å²) in [5.74, 6) is 0. The Bertz CT molecular complexity index is 526. The predicted molar refractivity (Wildman–Crippen MR) is 70.9 cm³/mol. The molecule has 1 aromatic rings. The Hall–Kier alpha value is -0.480. The van der Waals surface area contributed by atoms with Crippen LogP contribution in [-0.2, 0) is 20.2 Å². The largest absolute Gasteiger partial charge is 0.401 e. The van der Waals surface area contributed by atoms with E-state index in [1.807, 2.05) is 20.8 Å². The van der Waals surface area contributed by atoms with E-state index in [1.165, 1.54) is 12.1 Å². The number of hydrogen-bond donors (Lipinski definition) is 1. The lowest BCUT2D eigenvalue weighted by Crippen LogP contribution is -2.17. The highest BCUT2D eigenvalue weighted by atomic mass is 35.5. The molecule has 0 saturated heterocycles. The lowest BCUT2D eigenvalue weighted by molar-refractivity contribution is 0.0511. The number of alkyl halides is 2. The van der Waals surface area contributed by atoms with E-state index in [4.69, 9.17) is 11.6 Å². The van der Waals surface area contributed by atoms with Gasteiger partial charge in [0.1, 0.15) is 0 Å². The third-order valence-electron chi connectivity index (χ3n) is 2.76. The molecule has 108 valence electrons. The van der Waals surface area contributed by atoms with Gasteiger partial charge in [0.25, 0.3) is 0 Å². The molecule has 1 atom stereocenters. The van der Waals surface area contributed by atoms with E-state index in [9.17, 15) is 18.2 Å². The van der Waals surface area contributed by atoms with E-state index in [0.29, 0.717) is 0 Å². The maximum Gasteiger partial charge on any atom is 0.401 e. The molecule has 0 spiro atoms. The lowest BCUT2D eigenvalue weighted by atomic mass is 9.86. The molecule has 0 saturated carbocycles. The summed E-state index contributed by atoms with van der Waals surface area (Å²) in [6.45, 7) is 5.72. The van der Waals surface area contributed by atoms with Crippen molar-refractivity contribution >= 4 is 19.2 Å². The molecule has 0 bridgehead atoms. The topological polar surface area (TPSA) is 46.5 Å². The molecule has 0 aromatic heterocycles. The number of benzene rings is 1. The van der Waals surface area contributed by atoms with Crippen molar-refractivity contribution in [2.24, 2.45) is 0 Å². The summed E-state index contributed by atoms with van der Waals surface area (Å²) in [7, 11) is -4.34. The molecule has 0 fully saturated rings. The van der Waals surface area contributed by atoms with Crippen LogP contribution in [0.15, 0.2) is 18.2 Å². The molecule has 0 aliphatic heterocycles. The summed E-state index contributed by atoms with van der Waals surface area (Å²) >= 11 is 5.82. The van der Waals surface area contributed by atoms with Crippen LogP contribution in [0, 0.1) is 0 Å². The van der Waals surface area contributed by atoms with Crippen LogP contribution in [0.1, 0.15) is 31.9 Å². The maximum atomic E-state index is 13.9. The molecular weight excluding hydrogens is 297 g/mol. The van der Waals surface area contributed by atoms with E-state index in [-0.39, 0.29) is 10.4 Å². The Balaban J connectivity index is 3.35. The van der Waals surface area contributed by atoms with Gasteiger partial charge in [0.15, 0.2) is 0 Å². The van der Waals surface area contributed by atoms with Crippen molar-refractivity contribution in [3.8, 4) is 0 Å². The maximum absolute atomic E-state index is 13.9. The van der Waals surface area contributed by atoms with Crippen molar-refractivity contribution in [2.75, 3.05) is 7.11 Å². The number of halogens is 3. The van der Waals surface area contributed by atoms with Crippen LogP contribution in [-0.4, -0.2) is 12.0 Å². The molecule has 19 heavy (non-hydrogen) atoms. The van der Waals surface area contributed by atoms with E-state index >= 15 is 0 Å². The summed E-state index contributed by atoms with van der Waals surface area (Å²) in [5.41, 5.74) is -4.27. The highest BCUT2D eigenvalue weighted by Crippen LogP contribution is 2.63. The number of rotatable bonds is 3. The SMILES string of the molecule is COP(=O)(O)C(F)(F)c1ccc(C(C)(C)C)cc1Cl. The van der Waals surface area contributed by atoms with Gasteiger partial charge in [0, 0.05) is 7.11 Å². The quantitative estimate of drug-likeness (QED) is 0.835. The normalized spacial score (nSPS) is 16.2. The summed E-state index contributed by atoms with van der Waals surface area (Å²) in [6, 6.07) is 3.90. The van der Waals surface area contributed by atoms with E-state index in [0.717, 1.165) is 18.7 Å². The van der Waals surface area contributed by atoms with Crippen molar-refractivity contribution in [1.29, 1.82) is 0 Å². The van der Waals surface area contributed by atoms with Crippen molar-refractivity contribution in [2.45, 2.75) is 31.8 Å². The Morgan fingerprint density at radius 2 is 1.84 bits per heavy atom. The predicted octanol–water partition coefficient (Wildman–Crippen LogP) is 4.52. The van der Waals surface area contributed by atoms with Crippen molar-refractivity contribution in [1.82, 2.24) is 0 Å². The Morgan fingerprint density at radius 3 is 2.21 bits per heavy atom. The summed E-state index contributed by atoms with van der Waals surface area (Å²) in [4.78, 5) is 9.18. The third-order valence-corrected chi connectivity index (χ3v) is 4.52. The molecule has 0 heterocycles. The molecule has 0 aliphatic carbocycles. The fraction of sp³-hybridized carbons (Fsp3) is 0.500. The Kier molecular flexibility index (Phi) is 4.48. The zero-order valence-electron chi connectivity index (χ0n) is 11.1. The second-order valence-electron chi connectivity index (χ2n) is 5.19. The van der Waals surface area contributed by atoms with Crippen molar-refractivity contribution in [3.05, 3.63) is 34.3 Å². The second kappa shape index (κ2) is 5.13. The van der Waals surface area contributed by atoms with Crippen LogP contribution < -0.4 is 0 Å². The molecular formula is C12H16ClF2O3P. The second-order valence-corrected chi connectivity index (χ2v) is 7.56. The van der Waals surface area contributed by atoms with Gasteiger partial charge >= 0.3 is 13.3 Å². The summed E-state index contributed by atoms with van der Waals surface area (Å²) < 4.78 is 43.2. The minimum Gasteiger partial charge on any atom is -0.320 e. The van der Waals surface area contributed by atoms with Gasteiger partial charge in [0.2, 0.25) is 0 Å². The average Bonchev–Trinajstić information content (AvgIpc) is 2.27. The Morgan fingerprint density at radius 1 is 1.32 bits per heavy atom. The first kappa shape index (κ1) is 16.6. The molecule has 1 aromatic carbocycles. The summed E-state index contributed by atoms with van der Waals surface area (Å²) in [5, 5.41) is -0.260. The zero-order chi connectivity index (χ0) is 15.1. The molecule has 1 N–H and O–H groups in total. The van der Waals surface area contributed by atoms with Gasteiger partial charge in [-0.05, 0) is 17.0 Å². The van der Waals surface area contributed by atoms with Crippen molar-refractivity contribution in [3.63, 3.8) is 0 Å². The van der Waals surface area contributed by atoms with E-state index in [1.54, 1.807) is 0 Å². The van der Waals surface area contributed by atoms with Gasteiger partial charge in [-0.2, -0.15) is 8.78 Å². The zero-order valence-corrected chi connectivity index (χ0v) is 12.7. The molecule has 0 aliphatic rings. The van der Waals surface area contributed by atoms with Gasteiger partial charge in [-0.1, -0.05) is 44.5 Å². The fourth-order valence-corrected chi connectivity index (χ4v) is 2.59. The number of hydrogen-bond acceptors (Lipinski definition) is 2. The first-order valence-electron chi connectivity index (χ1n) is 5.50. The highest BCUT2D eigenvalue weighted by Gasteiger charge is 2.53. The fourth-order valence-electron chi connectivity index (χ4n) is 1.49. The minimum atomic E-state index is -5.10. The molecule has 1 unspecified atom stereocenters. The third kappa shape index (κ3) is 3.16. The molecule has 1 rings (SSSR count). The van der Waals surface area contributed by atoms with Crippen molar-refractivity contribution < 1.29 is 22.8 Å². The average molecular weight is 313 g/mol. The molecule has 7 heteroatoms. The molecule has 0 radical (unpaired) electrons. The van der Waals surface area contributed by atoms with Gasteiger partial charge in [-0.25, -0.2) is 0 Å². The van der Waals surface area contributed by atoms with Gasteiger partial charge < -0.3 is 9.42 Å². The molecule has 0 amide bonds. The van der Waals surface area contributed by atoms with Gasteiger partial charge in [0.05, 0.1) is 10.6 Å². The smallest absolute Gasteiger partial charge is 0.320 e. The van der Waals surface area contributed by atoms with Crippen LogP contribution in [0.2, 0.25) is 5.02 Å². The molecule has 3 nitrogen and oxygen atoms in total. The summed E-state index contributed by atoms with van der Waals surface area (Å²) in [6.07, 6.45) is 0.